The molecule has 0 saturated carbocycles. The zero-order valence-corrected chi connectivity index (χ0v) is 10.1. The van der Waals surface area contributed by atoms with Crippen molar-refractivity contribution in [2.24, 2.45) is 5.73 Å². The van der Waals surface area contributed by atoms with Gasteiger partial charge in [0.15, 0.2) is 0 Å². The maximum absolute atomic E-state index is 11.5. The van der Waals surface area contributed by atoms with E-state index in [4.69, 9.17) is 5.73 Å². The summed E-state index contributed by atoms with van der Waals surface area (Å²) in [7, 11) is 0. The van der Waals surface area contributed by atoms with E-state index in [9.17, 15) is 4.79 Å². The third-order valence-corrected chi connectivity index (χ3v) is 2.72. The van der Waals surface area contributed by atoms with Crippen molar-refractivity contribution in [3.8, 4) is 11.8 Å². The van der Waals surface area contributed by atoms with Crippen LogP contribution < -0.4 is 11.4 Å². The highest BCUT2D eigenvalue weighted by molar-refractivity contribution is 5.37. The summed E-state index contributed by atoms with van der Waals surface area (Å²) in [5.74, 6) is 5.75. The Kier molecular flexibility index (Phi) is 3.60. The van der Waals surface area contributed by atoms with Gasteiger partial charge in [-0.2, -0.15) is 5.10 Å². The third kappa shape index (κ3) is 2.50. The predicted molar refractivity (Wildman–Crippen MR) is 69.0 cm³/mol. The average molecular weight is 242 g/mol. The van der Waals surface area contributed by atoms with E-state index < -0.39 is 0 Å². The summed E-state index contributed by atoms with van der Waals surface area (Å²) >= 11 is 0. The molecule has 0 aliphatic rings. The Labute approximate surface area is 105 Å². The molecule has 2 rings (SSSR count). The van der Waals surface area contributed by atoms with Crippen LogP contribution in [0.4, 0.5) is 0 Å². The molecule has 1 aromatic carbocycles. The number of benzene rings is 1. The van der Waals surface area contributed by atoms with Crippen LogP contribution in [0.2, 0.25) is 0 Å². The Hall–Kier alpha value is -2.32. The fourth-order valence-electron chi connectivity index (χ4n) is 1.69. The maximum Gasteiger partial charge on any atom is 0.343 e. The molecule has 1 aromatic heterocycles. The standard InChI is InChI=1S/C13H14N4O/c1-10(17-9-15-16-13(17)18)12-6-4-11(5-7-12)3-2-8-14/h4-7,9-10H,8,14H2,1H3,(H,16,18). The molecule has 0 aliphatic carbocycles. The van der Waals surface area contributed by atoms with Crippen molar-refractivity contribution in [2.45, 2.75) is 13.0 Å². The molecule has 1 heterocycles. The Morgan fingerprint density at radius 3 is 2.72 bits per heavy atom. The lowest BCUT2D eigenvalue weighted by atomic mass is 10.1. The van der Waals surface area contributed by atoms with Gasteiger partial charge in [0.2, 0.25) is 0 Å². The predicted octanol–water partition coefficient (Wildman–Crippen LogP) is 0.491. The molecular formula is C13H14N4O. The molecule has 1 unspecified atom stereocenters. The molecule has 0 saturated heterocycles. The molecule has 18 heavy (non-hydrogen) atoms. The highest BCUT2D eigenvalue weighted by Gasteiger charge is 2.09. The first-order valence-electron chi connectivity index (χ1n) is 5.63. The van der Waals surface area contributed by atoms with Gasteiger partial charge >= 0.3 is 5.69 Å². The van der Waals surface area contributed by atoms with E-state index >= 15 is 0 Å². The molecule has 0 radical (unpaired) electrons. The number of hydrogen-bond acceptors (Lipinski definition) is 3. The van der Waals surface area contributed by atoms with Crippen LogP contribution in [-0.4, -0.2) is 21.3 Å². The van der Waals surface area contributed by atoms with E-state index in [2.05, 4.69) is 22.0 Å². The molecule has 3 N–H and O–H groups in total. The molecule has 0 bridgehead atoms. The molecule has 5 nitrogen and oxygen atoms in total. The van der Waals surface area contributed by atoms with E-state index in [-0.39, 0.29) is 11.7 Å². The zero-order valence-electron chi connectivity index (χ0n) is 10.1. The topological polar surface area (TPSA) is 76.7 Å². The zero-order chi connectivity index (χ0) is 13.0. The van der Waals surface area contributed by atoms with Gasteiger partial charge in [-0.25, -0.2) is 9.89 Å². The number of aromatic amines is 1. The van der Waals surface area contributed by atoms with Crippen molar-refractivity contribution in [3.05, 3.63) is 52.2 Å². The second-order valence-electron chi connectivity index (χ2n) is 3.87. The van der Waals surface area contributed by atoms with Crippen LogP contribution in [0, 0.1) is 11.8 Å². The van der Waals surface area contributed by atoms with Gasteiger partial charge in [-0.1, -0.05) is 24.0 Å². The minimum absolute atomic E-state index is 0.0623. The van der Waals surface area contributed by atoms with Crippen molar-refractivity contribution in [1.82, 2.24) is 14.8 Å². The van der Waals surface area contributed by atoms with Gasteiger partial charge in [-0.3, -0.25) is 4.57 Å². The lowest BCUT2D eigenvalue weighted by Crippen LogP contribution is -2.20. The van der Waals surface area contributed by atoms with E-state index in [0.29, 0.717) is 6.54 Å². The van der Waals surface area contributed by atoms with Crippen LogP contribution >= 0.6 is 0 Å². The molecular weight excluding hydrogens is 228 g/mol. The summed E-state index contributed by atoms with van der Waals surface area (Å²) in [5, 5.41) is 6.10. The molecule has 0 spiro atoms. The number of nitrogens with zero attached hydrogens (tertiary/aromatic N) is 2. The van der Waals surface area contributed by atoms with Crippen LogP contribution in [-0.2, 0) is 0 Å². The largest absolute Gasteiger partial charge is 0.343 e. The molecule has 5 heteroatoms. The van der Waals surface area contributed by atoms with E-state index in [1.807, 2.05) is 31.2 Å². The fraction of sp³-hybridized carbons (Fsp3) is 0.231. The Morgan fingerprint density at radius 2 is 2.17 bits per heavy atom. The van der Waals surface area contributed by atoms with Gasteiger partial charge in [-0.15, -0.1) is 0 Å². The Morgan fingerprint density at radius 1 is 1.44 bits per heavy atom. The SMILES string of the molecule is CC(c1ccc(C#CCN)cc1)n1cn[nH]c1=O. The van der Waals surface area contributed by atoms with Crippen molar-refractivity contribution >= 4 is 0 Å². The molecule has 0 aliphatic heterocycles. The van der Waals surface area contributed by atoms with E-state index in [1.165, 1.54) is 6.33 Å². The molecule has 1 atom stereocenters. The van der Waals surface area contributed by atoms with Crippen molar-refractivity contribution < 1.29 is 0 Å². The molecule has 0 amide bonds. The summed E-state index contributed by atoms with van der Waals surface area (Å²) in [6, 6.07) is 7.67. The first kappa shape index (κ1) is 12.1. The van der Waals surface area contributed by atoms with Gasteiger partial charge in [0.1, 0.15) is 6.33 Å². The lowest BCUT2D eigenvalue weighted by Gasteiger charge is -2.11. The Balaban J connectivity index is 2.25. The smallest absolute Gasteiger partial charge is 0.320 e. The second-order valence-corrected chi connectivity index (χ2v) is 3.87. The normalized spacial score (nSPS) is 11.7. The minimum atomic E-state index is -0.213. The average Bonchev–Trinajstić information content (AvgIpc) is 2.82. The van der Waals surface area contributed by atoms with Gasteiger partial charge in [-0.05, 0) is 24.6 Å². The summed E-state index contributed by atoms with van der Waals surface area (Å²) in [5.41, 5.74) is 7.04. The quantitative estimate of drug-likeness (QED) is 0.752. The summed E-state index contributed by atoms with van der Waals surface area (Å²) < 4.78 is 1.54. The molecule has 2 aromatic rings. The third-order valence-electron chi connectivity index (χ3n) is 2.72. The number of rotatable bonds is 2. The van der Waals surface area contributed by atoms with Crippen LogP contribution in [0.3, 0.4) is 0 Å². The van der Waals surface area contributed by atoms with Crippen LogP contribution in [0.5, 0.6) is 0 Å². The van der Waals surface area contributed by atoms with Gasteiger partial charge in [0, 0.05) is 5.56 Å². The number of nitrogens with one attached hydrogen (secondary N) is 1. The summed E-state index contributed by atoms with van der Waals surface area (Å²) in [6.45, 7) is 2.29. The van der Waals surface area contributed by atoms with Crippen molar-refractivity contribution in [2.75, 3.05) is 6.54 Å². The van der Waals surface area contributed by atoms with Crippen molar-refractivity contribution in [1.29, 1.82) is 0 Å². The van der Waals surface area contributed by atoms with Crippen molar-refractivity contribution in [3.63, 3.8) is 0 Å². The van der Waals surface area contributed by atoms with Gasteiger partial charge in [0.25, 0.3) is 0 Å². The maximum atomic E-state index is 11.5. The van der Waals surface area contributed by atoms with Crippen LogP contribution in [0.1, 0.15) is 24.1 Å². The van der Waals surface area contributed by atoms with Crippen LogP contribution in [0.25, 0.3) is 0 Å². The lowest BCUT2D eigenvalue weighted by molar-refractivity contribution is 0.616. The monoisotopic (exact) mass is 242 g/mol. The van der Waals surface area contributed by atoms with Gasteiger partial charge < -0.3 is 5.73 Å². The first-order valence-corrected chi connectivity index (χ1v) is 5.63. The number of H-pyrrole nitrogens is 1. The Bertz CT molecular complexity index is 627. The highest BCUT2D eigenvalue weighted by atomic mass is 16.1. The van der Waals surface area contributed by atoms with Gasteiger partial charge in [0.05, 0.1) is 12.6 Å². The van der Waals surface area contributed by atoms with E-state index in [0.717, 1.165) is 11.1 Å². The van der Waals surface area contributed by atoms with E-state index in [1.54, 1.807) is 4.57 Å². The first-order chi connectivity index (χ1) is 8.72. The summed E-state index contributed by atoms with van der Waals surface area (Å²) in [4.78, 5) is 11.5. The number of nitrogens with two attached hydrogens (primary N) is 1. The minimum Gasteiger partial charge on any atom is -0.320 e. The number of aromatic nitrogens is 3. The molecule has 92 valence electrons. The second kappa shape index (κ2) is 5.34. The fourth-order valence-corrected chi connectivity index (χ4v) is 1.69. The highest BCUT2D eigenvalue weighted by Crippen LogP contribution is 2.15. The van der Waals surface area contributed by atoms with Crippen LogP contribution in [0.15, 0.2) is 35.4 Å². The number of hydrogen-bond donors (Lipinski definition) is 2. The molecule has 0 fully saturated rings. The summed E-state index contributed by atoms with van der Waals surface area (Å²) in [6.07, 6.45) is 1.50.